The van der Waals surface area contributed by atoms with E-state index in [1.807, 2.05) is 30.3 Å². The number of nitrogens with two attached hydrogens (primary N) is 1. The molecule has 0 aliphatic rings. The average Bonchev–Trinajstić information content (AvgIpc) is 2.55. The summed E-state index contributed by atoms with van der Waals surface area (Å²) >= 11 is 0. The highest BCUT2D eigenvalue weighted by atomic mass is 16.5. The summed E-state index contributed by atoms with van der Waals surface area (Å²) in [4.78, 5) is 20.1. The zero-order chi connectivity index (χ0) is 17.3. The molecule has 0 aliphatic carbocycles. The van der Waals surface area contributed by atoms with E-state index in [4.69, 9.17) is 20.7 Å². The van der Waals surface area contributed by atoms with E-state index < -0.39 is 6.04 Å². The van der Waals surface area contributed by atoms with Gasteiger partial charge in [0.25, 0.3) is 0 Å². The van der Waals surface area contributed by atoms with Gasteiger partial charge >= 0.3 is 5.97 Å². The maximum Gasteiger partial charge on any atom is 0.323 e. The van der Waals surface area contributed by atoms with Crippen molar-refractivity contribution >= 4 is 12.0 Å². The summed E-state index contributed by atoms with van der Waals surface area (Å²) in [7, 11) is 0. The Hall–Kier alpha value is -1.97. The molecule has 1 rings (SSSR count). The minimum absolute atomic E-state index is 0.289. The third kappa shape index (κ3) is 12.3. The molecule has 1 aromatic rings. The van der Waals surface area contributed by atoms with E-state index in [0.29, 0.717) is 13.0 Å². The monoisotopic (exact) mass is 320 g/mol. The molecule has 3 N–H and O–H groups in total. The molecule has 0 aliphatic heterocycles. The highest BCUT2D eigenvalue weighted by Crippen LogP contribution is 2.06. The van der Waals surface area contributed by atoms with Crippen LogP contribution in [0.5, 0.6) is 0 Å². The van der Waals surface area contributed by atoms with Crippen LogP contribution >= 0.6 is 0 Å². The van der Waals surface area contributed by atoms with Crippen LogP contribution < -0.4 is 5.73 Å². The lowest BCUT2D eigenvalue weighted by Gasteiger charge is -2.11. The van der Waals surface area contributed by atoms with Crippen LogP contribution in [-0.2, 0) is 20.7 Å². The van der Waals surface area contributed by atoms with Gasteiger partial charge in [-0.3, -0.25) is 4.79 Å². The molecule has 0 heterocycles. The topological polar surface area (TPSA) is 93.2 Å². The van der Waals surface area contributed by atoms with Crippen molar-refractivity contribution in [2.24, 2.45) is 5.73 Å². The average molecular weight is 320 g/mol. The van der Waals surface area contributed by atoms with Crippen LogP contribution in [0.15, 0.2) is 30.3 Å². The highest BCUT2D eigenvalue weighted by molar-refractivity contribution is 5.75. The third-order valence-electron chi connectivity index (χ3n) is 3.34. The lowest BCUT2D eigenvalue weighted by atomic mass is 10.1. The van der Waals surface area contributed by atoms with Crippen LogP contribution in [0.1, 0.15) is 51.0 Å². The van der Waals surface area contributed by atoms with E-state index in [2.05, 4.69) is 6.92 Å². The van der Waals surface area contributed by atoms with Gasteiger partial charge in [0.15, 0.2) is 0 Å². The van der Waals surface area contributed by atoms with E-state index in [1.165, 1.54) is 25.7 Å². The molecule has 5 heteroatoms. The summed E-state index contributed by atoms with van der Waals surface area (Å²) in [6.45, 7) is 2.70. The van der Waals surface area contributed by atoms with Crippen LogP contribution in [0.3, 0.4) is 0 Å². The molecule has 0 saturated heterocycles. The lowest BCUT2D eigenvalue weighted by molar-refractivity contribution is -0.145. The van der Waals surface area contributed by atoms with E-state index in [-0.39, 0.29) is 5.97 Å². The lowest BCUT2D eigenvalue weighted by Crippen LogP contribution is -2.34. The van der Waals surface area contributed by atoms with Crippen molar-refractivity contribution in [1.82, 2.24) is 0 Å². The smallest absolute Gasteiger partial charge is 0.323 e. The molecule has 0 bridgehead atoms. The number of benzene rings is 1. The number of unbranched alkanes of at least 4 members (excludes halogenated alkanes) is 5. The Balaban J connectivity index is 0.00000149. The minimum atomic E-state index is -0.558. The van der Waals surface area contributed by atoms with Crippen molar-refractivity contribution in [3.05, 3.63) is 35.9 Å². The largest absolute Gasteiger partial charge is 0.465 e. The predicted molar refractivity (Wildman–Crippen MR) is 90.9 cm³/mol. The number of esters is 1. The summed E-state index contributed by atoms with van der Waals surface area (Å²) in [6.07, 6.45) is 8.40. The van der Waals surface area contributed by atoms with Crippen LogP contribution in [0, 0.1) is 5.41 Å². The zero-order valence-electron chi connectivity index (χ0n) is 13.9. The standard InChI is InChI=1S/C17H27NO2.CHNO/c1-2-3-4-5-6-10-13-20-17(19)16(18)14-15-11-8-7-9-12-15;2-1-3/h7-9,11-12,16H,2-6,10,13-14,18H2,1H3;2H/t16-;/m0./s1. The second-order valence-electron chi connectivity index (χ2n) is 5.33. The number of isocyanates is 1. The van der Waals surface area contributed by atoms with Crippen LogP contribution in [-0.4, -0.2) is 24.7 Å². The Morgan fingerprint density at radius 1 is 1.17 bits per heavy atom. The van der Waals surface area contributed by atoms with E-state index in [1.54, 1.807) is 0 Å². The molecule has 0 unspecified atom stereocenters. The zero-order valence-corrected chi connectivity index (χ0v) is 13.9. The second-order valence-corrected chi connectivity index (χ2v) is 5.33. The van der Waals surface area contributed by atoms with Crippen molar-refractivity contribution in [3.8, 4) is 0 Å². The first-order valence-corrected chi connectivity index (χ1v) is 8.15. The fourth-order valence-electron chi connectivity index (χ4n) is 2.11. The first-order chi connectivity index (χ1) is 11.2. The normalized spacial score (nSPS) is 10.9. The number of rotatable bonds is 10. The molecule has 128 valence electrons. The number of carbonyl (C=O) groups is 1. The quantitative estimate of drug-likeness (QED) is 0.299. The van der Waals surface area contributed by atoms with Gasteiger partial charge in [-0.2, -0.15) is 0 Å². The summed E-state index contributed by atoms with van der Waals surface area (Å²) in [5, 5.41) is 5.40. The first-order valence-electron chi connectivity index (χ1n) is 8.15. The van der Waals surface area contributed by atoms with Gasteiger partial charge in [0.1, 0.15) is 6.04 Å². The third-order valence-corrected chi connectivity index (χ3v) is 3.34. The molecule has 5 nitrogen and oxygen atoms in total. The number of ether oxygens (including phenoxy) is 1. The fraction of sp³-hybridized carbons (Fsp3) is 0.556. The van der Waals surface area contributed by atoms with Gasteiger partial charge in [-0.15, -0.1) is 0 Å². The summed E-state index contributed by atoms with van der Waals surface area (Å²) in [5.41, 5.74) is 6.92. The van der Waals surface area contributed by atoms with Crippen molar-refractivity contribution in [2.75, 3.05) is 6.61 Å². The number of nitrogens with one attached hydrogen (secondary N) is 1. The van der Waals surface area contributed by atoms with Crippen molar-refractivity contribution in [3.63, 3.8) is 0 Å². The predicted octanol–water partition coefficient (Wildman–Crippen LogP) is 3.36. The molecular formula is C18H28N2O3. The second kappa shape index (κ2) is 14.9. The Morgan fingerprint density at radius 2 is 1.74 bits per heavy atom. The first kappa shape index (κ1) is 21.0. The Labute approximate surface area is 138 Å². The van der Waals surface area contributed by atoms with Gasteiger partial charge in [0.05, 0.1) is 6.61 Å². The molecule has 1 atom stereocenters. The van der Waals surface area contributed by atoms with Crippen LogP contribution in [0.4, 0.5) is 0 Å². The van der Waals surface area contributed by atoms with Gasteiger partial charge in [-0.25, -0.2) is 10.2 Å². The van der Waals surface area contributed by atoms with Gasteiger partial charge in [-0.05, 0) is 18.4 Å². The Bertz CT molecular complexity index is 443. The molecule has 0 amide bonds. The summed E-state index contributed by atoms with van der Waals surface area (Å²) in [5.74, 6) is -0.289. The Morgan fingerprint density at radius 3 is 2.35 bits per heavy atom. The van der Waals surface area contributed by atoms with Crippen molar-refractivity contribution in [2.45, 2.75) is 57.9 Å². The molecule has 0 fully saturated rings. The molecule has 23 heavy (non-hydrogen) atoms. The molecule has 0 radical (unpaired) electrons. The molecule has 0 saturated carbocycles. The van der Waals surface area contributed by atoms with Crippen molar-refractivity contribution < 1.29 is 14.3 Å². The van der Waals surface area contributed by atoms with Gasteiger partial charge in [0, 0.05) is 0 Å². The minimum Gasteiger partial charge on any atom is -0.465 e. The maximum absolute atomic E-state index is 11.7. The van der Waals surface area contributed by atoms with Gasteiger partial charge in [-0.1, -0.05) is 69.4 Å². The maximum atomic E-state index is 11.7. The van der Waals surface area contributed by atoms with Gasteiger partial charge in [0.2, 0.25) is 6.08 Å². The Kier molecular flexibility index (Phi) is 13.7. The SMILES string of the molecule is CCCCCCCCOC(=O)[C@@H](N)Cc1ccccc1.N=C=O. The molecule has 1 aromatic carbocycles. The summed E-state index contributed by atoms with van der Waals surface area (Å²) in [6, 6.07) is 9.23. The van der Waals surface area contributed by atoms with Gasteiger partial charge < -0.3 is 10.5 Å². The van der Waals surface area contributed by atoms with E-state index in [9.17, 15) is 4.79 Å². The van der Waals surface area contributed by atoms with Crippen molar-refractivity contribution in [1.29, 1.82) is 5.41 Å². The number of hydrogen-bond donors (Lipinski definition) is 2. The van der Waals surface area contributed by atoms with E-state index in [0.717, 1.165) is 24.5 Å². The molecular weight excluding hydrogens is 292 g/mol. The van der Waals surface area contributed by atoms with E-state index >= 15 is 0 Å². The fourth-order valence-corrected chi connectivity index (χ4v) is 2.11. The molecule has 0 aromatic heterocycles. The summed E-state index contributed by atoms with van der Waals surface area (Å²) < 4.78 is 5.22. The van der Waals surface area contributed by atoms with Crippen LogP contribution in [0.25, 0.3) is 0 Å². The van der Waals surface area contributed by atoms with Crippen LogP contribution in [0.2, 0.25) is 0 Å². The molecule has 0 spiro atoms. The number of hydrogen-bond acceptors (Lipinski definition) is 5. The highest BCUT2D eigenvalue weighted by Gasteiger charge is 2.15. The number of carbonyl (C=O) groups excluding carboxylic acids is 2.